The molecule has 25 heavy (non-hydrogen) atoms. The average molecular weight is 361 g/mol. The van der Waals surface area contributed by atoms with Gasteiger partial charge in [-0.3, -0.25) is 19.3 Å². The predicted molar refractivity (Wildman–Crippen MR) is 87.7 cm³/mol. The minimum atomic E-state index is -0.647. The topological polar surface area (TPSA) is 113 Å². The second-order valence-electron chi connectivity index (χ2n) is 4.84. The highest BCUT2D eigenvalue weighted by molar-refractivity contribution is 7.15. The summed E-state index contributed by atoms with van der Waals surface area (Å²) in [6.45, 7) is -0.510. The second-order valence-corrected chi connectivity index (χ2v) is 5.71. The van der Waals surface area contributed by atoms with Crippen LogP contribution in [0.2, 0.25) is 0 Å². The molecule has 2 aromatic heterocycles. The second kappa shape index (κ2) is 7.09. The molecule has 0 saturated heterocycles. The van der Waals surface area contributed by atoms with Crippen molar-refractivity contribution >= 4 is 28.0 Å². The Morgan fingerprint density at radius 3 is 2.80 bits per heavy atom. The molecule has 0 amide bonds. The molecule has 9 nitrogen and oxygen atoms in total. The van der Waals surface area contributed by atoms with Crippen LogP contribution in [-0.4, -0.2) is 26.9 Å². The first kappa shape index (κ1) is 16.6. The number of esters is 1. The molecular formula is C15H11N3O6S. The molecule has 0 radical (unpaired) electrons. The number of rotatable bonds is 6. The number of carbonyl (C=O) groups excluding carboxylic acids is 1. The molecule has 10 heteroatoms. The van der Waals surface area contributed by atoms with Crippen LogP contribution in [-0.2, 0) is 16.1 Å². The number of nitro benzene ring substituents is 1. The number of thiazole rings is 1. The summed E-state index contributed by atoms with van der Waals surface area (Å²) in [4.78, 5) is 38.3. The Bertz CT molecular complexity index is 979. The quantitative estimate of drug-likeness (QED) is 0.373. The lowest BCUT2D eigenvalue weighted by atomic mass is 10.3. The lowest BCUT2D eigenvalue weighted by Crippen LogP contribution is -2.17. The van der Waals surface area contributed by atoms with E-state index in [1.54, 1.807) is 11.6 Å². The van der Waals surface area contributed by atoms with Crippen molar-refractivity contribution in [3.05, 3.63) is 68.1 Å². The molecule has 0 aliphatic heterocycles. The molecule has 0 atom stereocenters. The zero-order chi connectivity index (χ0) is 17.8. The van der Waals surface area contributed by atoms with Gasteiger partial charge in [0.15, 0.2) is 11.6 Å². The summed E-state index contributed by atoms with van der Waals surface area (Å²) in [5, 5.41) is 12.3. The largest absolute Gasteiger partial charge is 0.482 e. The van der Waals surface area contributed by atoms with E-state index in [4.69, 9.17) is 9.47 Å². The van der Waals surface area contributed by atoms with Gasteiger partial charge in [0.25, 0.3) is 11.2 Å². The Kier molecular flexibility index (Phi) is 4.70. The van der Waals surface area contributed by atoms with E-state index < -0.39 is 10.9 Å². The summed E-state index contributed by atoms with van der Waals surface area (Å²) >= 11 is 1.30. The minimum Gasteiger partial charge on any atom is -0.482 e. The van der Waals surface area contributed by atoms with Gasteiger partial charge in [-0.15, -0.1) is 11.3 Å². The predicted octanol–water partition coefficient (Wildman–Crippen LogP) is 1.79. The average Bonchev–Trinajstić information content (AvgIpc) is 3.07. The number of hydrogen-bond acceptors (Lipinski definition) is 8. The molecule has 0 N–H and O–H groups in total. The van der Waals surface area contributed by atoms with Gasteiger partial charge in [0.05, 0.1) is 10.6 Å². The molecule has 0 aliphatic carbocycles. The van der Waals surface area contributed by atoms with Crippen molar-refractivity contribution in [2.45, 2.75) is 6.61 Å². The molecule has 128 valence electrons. The van der Waals surface area contributed by atoms with Crippen LogP contribution >= 0.6 is 11.3 Å². The van der Waals surface area contributed by atoms with Crippen molar-refractivity contribution < 1.29 is 19.2 Å². The van der Waals surface area contributed by atoms with Crippen molar-refractivity contribution in [2.75, 3.05) is 6.61 Å². The lowest BCUT2D eigenvalue weighted by molar-refractivity contribution is -0.384. The first-order valence-corrected chi connectivity index (χ1v) is 7.89. The summed E-state index contributed by atoms with van der Waals surface area (Å²) in [6.07, 6.45) is 1.61. The molecule has 3 aromatic rings. The number of ether oxygens (including phenoxy) is 2. The first-order valence-electron chi connectivity index (χ1n) is 7.01. The van der Waals surface area contributed by atoms with Crippen LogP contribution in [0.1, 0.15) is 5.69 Å². The maximum Gasteiger partial charge on any atom is 0.344 e. The van der Waals surface area contributed by atoms with Gasteiger partial charge < -0.3 is 9.47 Å². The van der Waals surface area contributed by atoms with E-state index >= 15 is 0 Å². The first-order chi connectivity index (χ1) is 12.0. The van der Waals surface area contributed by atoms with Gasteiger partial charge in [0.1, 0.15) is 12.4 Å². The van der Waals surface area contributed by atoms with E-state index in [0.717, 1.165) is 0 Å². The minimum absolute atomic E-state index is 0.0729. The summed E-state index contributed by atoms with van der Waals surface area (Å²) < 4.78 is 11.6. The molecule has 2 heterocycles. The molecule has 0 fully saturated rings. The molecule has 0 unspecified atom stereocenters. The van der Waals surface area contributed by atoms with E-state index in [9.17, 15) is 19.7 Å². The molecule has 0 saturated carbocycles. The maximum atomic E-state index is 11.8. The summed E-state index contributed by atoms with van der Waals surface area (Å²) in [5.41, 5.74) is 0.0202. The Hall–Kier alpha value is -3.27. The Morgan fingerprint density at radius 1 is 1.32 bits per heavy atom. The summed E-state index contributed by atoms with van der Waals surface area (Å²) in [5.74, 6) is -0.342. The number of carbonyl (C=O) groups is 1. The van der Waals surface area contributed by atoms with Crippen molar-refractivity contribution in [3.8, 4) is 5.75 Å². The highest BCUT2D eigenvalue weighted by atomic mass is 32.1. The van der Waals surface area contributed by atoms with E-state index in [2.05, 4.69) is 4.98 Å². The number of aromatic nitrogens is 2. The number of hydrogen-bond donors (Lipinski definition) is 0. The van der Waals surface area contributed by atoms with Crippen LogP contribution in [0.4, 0.5) is 5.69 Å². The highest BCUT2D eigenvalue weighted by Crippen LogP contribution is 2.17. The Balaban J connectivity index is 1.53. The van der Waals surface area contributed by atoms with E-state index in [0.29, 0.717) is 16.4 Å². The monoisotopic (exact) mass is 361 g/mol. The smallest absolute Gasteiger partial charge is 0.344 e. The van der Waals surface area contributed by atoms with Crippen molar-refractivity contribution in [1.29, 1.82) is 0 Å². The maximum absolute atomic E-state index is 11.8. The third kappa shape index (κ3) is 3.98. The van der Waals surface area contributed by atoms with Crippen LogP contribution in [0.25, 0.3) is 4.96 Å². The van der Waals surface area contributed by atoms with Gasteiger partial charge >= 0.3 is 5.97 Å². The number of benzene rings is 1. The van der Waals surface area contributed by atoms with Crippen molar-refractivity contribution in [1.82, 2.24) is 9.38 Å². The lowest BCUT2D eigenvalue weighted by Gasteiger charge is -2.06. The number of non-ortho nitro benzene ring substituents is 1. The van der Waals surface area contributed by atoms with Gasteiger partial charge in [0.2, 0.25) is 0 Å². The van der Waals surface area contributed by atoms with E-state index in [1.807, 2.05) is 0 Å². The normalized spacial score (nSPS) is 10.6. The number of nitrogens with zero attached hydrogens (tertiary/aromatic N) is 3. The third-order valence-electron chi connectivity index (χ3n) is 3.14. The molecule has 0 aliphatic rings. The summed E-state index contributed by atoms with van der Waals surface area (Å²) in [7, 11) is 0. The van der Waals surface area contributed by atoms with Gasteiger partial charge in [-0.05, 0) is 12.1 Å². The Labute approximate surface area is 144 Å². The molecule has 0 spiro atoms. The van der Waals surface area contributed by atoms with Gasteiger partial charge in [-0.25, -0.2) is 9.78 Å². The zero-order valence-electron chi connectivity index (χ0n) is 12.7. The zero-order valence-corrected chi connectivity index (χ0v) is 13.5. The third-order valence-corrected chi connectivity index (χ3v) is 3.90. The van der Waals surface area contributed by atoms with Gasteiger partial charge in [-0.1, -0.05) is 0 Å². The number of fused-ring (bicyclic) bond motifs is 1. The van der Waals surface area contributed by atoms with Crippen molar-refractivity contribution in [2.24, 2.45) is 0 Å². The molecule has 3 rings (SSSR count). The van der Waals surface area contributed by atoms with Gasteiger partial charge in [0, 0.05) is 29.8 Å². The van der Waals surface area contributed by atoms with Crippen LogP contribution in [0.5, 0.6) is 5.75 Å². The van der Waals surface area contributed by atoms with Crippen LogP contribution in [0, 0.1) is 10.1 Å². The molecule has 1 aromatic carbocycles. The summed E-state index contributed by atoms with van der Waals surface area (Å²) in [6, 6.07) is 6.62. The fourth-order valence-corrected chi connectivity index (χ4v) is 2.70. The van der Waals surface area contributed by atoms with E-state index in [-0.39, 0.29) is 24.5 Å². The van der Waals surface area contributed by atoms with Crippen LogP contribution < -0.4 is 10.3 Å². The van der Waals surface area contributed by atoms with Crippen LogP contribution in [0.15, 0.2) is 46.7 Å². The Morgan fingerprint density at radius 2 is 2.08 bits per heavy atom. The fourth-order valence-electron chi connectivity index (χ4n) is 1.96. The molecular weight excluding hydrogens is 350 g/mol. The van der Waals surface area contributed by atoms with Crippen LogP contribution in [0.3, 0.4) is 0 Å². The molecule has 0 bridgehead atoms. The number of nitro groups is 1. The van der Waals surface area contributed by atoms with Crippen molar-refractivity contribution in [3.63, 3.8) is 0 Å². The highest BCUT2D eigenvalue weighted by Gasteiger charge is 2.09. The SMILES string of the molecule is O=C(COc1ccc([N+](=O)[O-])cc1)OCc1cc(=O)n2ccsc2n1. The van der Waals surface area contributed by atoms with Gasteiger partial charge in [-0.2, -0.15) is 0 Å². The fraction of sp³-hybridized carbons (Fsp3) is 0.133. The standard InChI is InChI=1S/C15H11N3O6S/c19-13-7-10(16-15-17(13)5-6-25-15)8-24-14(20)9-23-12-3-1-11(2-4-12)18(21)22/h1-7H,8-9H2. The van der Waals surface area contributed by atoms with E-state index in [1.165, 1.54) is 46.1 Å².